The molecule has 6 heteroatoms. The number of pyridine rings is 1. The number of nitrogens with zero attached hydrogens (tertiary/aromatic N) is 1. The average Bonchev–Trinajstić information content (AvgIpc) is 3.12. The Morgan fingerprint density at radius 3 is 2.89 bits per heavy atom. The number of carbonyl (C=O) groups excluding carboxylic acids is 1. The molecule has 1 aliphatic carbocycles. The fourth-order valence-electron chi connectivity index (χ4n) is 1.53. The van der Waals surface area contributed by atoms with Gasteiger partial charge in [-0.15, -0.1) is 11.8 Å². The van der Waals surface area contributed by atoms with Gasteiger partial charge in [0.1, 0.15) is 5.54 Å². The van der Waals surface area contributed by atoms with Crippen molar-refractivity contribution in [2.75, 3.05) is 5.75 Å². The van der Waals surface area contributed by atoms with Crippen molar-refractivity contribution in [1.29, 1.82) is 0 Å². The topological polar surface area (TPSA) is 68.0 Å². The summed E-state index contributed by atoms with van der Waals surface area (Å²) in [5.41, 5.74) is 4.83. The lowest BCUT2D eigenvalue weighted by molar-refractivity contribution is -0.123. The fourth-order valence-corrected chi connectivity index (χ4v) is 2.72. The minimum atomic E-state index is -0.666. The third-order valence-corrected chi connectivity index (χ3v) is 4.58. The van der Waals surface area contributed by atoms with Crippen LogP contribution in [0, 0.1) is 0 Å². The summed E-state index contributed by atoms with van der Waals surface area (Å²) in [6.45, 7) is 1.86. The Balaban J connectivity index is 1.96. The summed E-state index contributed by atoms with van der Waals surface area (Å²) in [5, 5.41) is 4.21. The molecule has 0 aliphatic heterocycles. The molecule has 0 aromatic carbocycles. The highest BCUT2D eigenvalue weighted by molar-refractivity contribution is 9.10. The van der Waals surface area contributed by atoms with E-state index in [1.54, 1.807) is 6.20 Å². The number of primary amides is 1. The first-order valence-corrected chi connectivity index (χ1v) is 7.59. The standard InChI is InChI=1S/C12H16BrN3OS/c1-12(11(14)17,16-9-3-4-9)7-18-10-5-2-8(13)6-15-10/h2,5-6,9,16H,3-4,7H2,1H3,(H2,14,17). The first-order valence-electron chi connectivity index (χ1n) is 5.81. The number of nitrogens with two attached hydrogens (primary N) is 1. The molecule has 3 N–H and O–H groups in total. The highest BCUT2D eigenvalue weighted by Crippen LogP contribution is 2.27. The largest absolute Gasteiger partial charge is 0.368 e. The molecule has 1 aromatic heterocycles. The zero-order valence-corrected chi connectivity index (χ0v) is 12.6. The quantitative estimate of drug-likeness (QED) is 0.782. The van der Waals surface area contributed by atoms with Crippen LogP contribution >= 0.6 is 27.7 Å². The van der Waals surface area contributed by atoms with Gasteiger partial charge in [0.25, 0.3) is 0 Å². The number of halogens is 1. The van der Waals surface area contributed by atoms with Gasteiger partial charge >= 0.3 is 0 Å². The molecule has 1 aliphatic rings. The molecule has 98 valence electrons. The maximum atomic E-state index is 11.6. The van der Waals surface area contributed by atoms with Crippen molar-refractivity contribution < 1.29 is 4.79 Å². The Morgan fingerprint density at radius 2 is 2.39 bits per heavy atom. The van der Waals surface area contributed by atoms with Crippen molar-refractivity contribution in [2.45, 2.75) is 36.4 Å². The van der Waals surface area contributed by atoms with Crippen molar-refractivity contribution >= 4 is 33.6 Å². The second-order valence-corrected chi connectivity index (χ2v) is 6.63. The lowest BCUT2D eigenvalue weighted by atomic mass is 10.1. The predicted octanol–water partition coefficient (Wildman–Crippen LogP) is 1.93. The van der Waals surface area contributed by atoms with Crippen LogP contribution in [0.3, 0.4) is 0 Å². The van der Waals surface area contributed by atoms with Crippen molar-refractivity contribution in [3.63, 3.8) is 0 Å². The van der Waals surface area contributed by atoms with E-state index < -0.39 is 5.54 Å². The summed E-state index contributed by atoms with van der Waals surface area (Å²) in [6.07, 6.45) is 4.01. The molecule has 1 heterocycles. The molecule has 4 nitrogen and oxygen atoms in total. The van der Waals surface area contributed by atoms with Crippen LogP contribution in [0.5, 0.6) is 0 Å². The Morgan fingerprint density at radius 1 is 1.67 bits per heavy atom. The second-order valence-electron chi connectivity index (χ2n) is 4.72. The average molecular weight is 330 g/mol. The summed E-state index contributed by atoms with van der Waals surface area (Å²) in [7, 11) is 0. The molecule has 0 spiro atoms. The molecule has 0 radical (unpaired) electrons. The Bertz CT molecular complexity index is 435. The Labute approximate surface area is 119 Å². The maximum Gasteiger partial charge on any atom is 0.238 e. The van der Waals surface area contributed by atoms with Crippen molar-refractivity contribution in [3.05, 3.63) is 22.8 Å². The van der Waals surface area contributed by atoms with Crippen LogP contribution in [0.25, 0.3) is 0 Å². The highest BCUT2D eigenvalue weighted by Gasteiger charge is 2.37. The van der Waals surface area contributed by atoms with E-state index in [0.29, 0.717) is 11.8 Å². The first-order chi connectivity index (χ1) is 8.49. The lowest BCUT2D eigenvalue weighted by Crippen LogP contribution is -2.55. The van der Waals surface area contributed by atoms with E-state index in [-0.39, 0.29) is 5.91 Å². The summed E-state index contributed by atoms with van der Waals surface area (Å²) >= 11 is 4.88. The van der Waals surface area contributed by atoms with Gasteiger partial charge in [0, 0.05) is 22.5 Å². The van der Waals surface area contributed by atoms with E-state index in [4.69, 9.17) is 5.73 Å². The molecule has 0 saturated heterocycles. The molecule has 2 rings (SSSR count). The van der Waals surface area contributed by atoms with Crippen LogP contribution in [0.1, 0.15) is 19.8 Å². The zero-order chi connectivity index (χ0) is 13.2. The number of amides is 1. The second kappa shape index (κ2) is 5.59. The molecular weight excluding hydrogens is 314 g/mol. The summed E-state index contributed by atoms with van der Waals surface area (Å²) in [5.74, 6) is 0.284. The van der Waals surface area contributed by atoms with Gasteiger partial charge in [-0.3, -0.25) is 4.79 Å². The number of rotatable bonds is 6. The smallest absolute Gasteiger partial charge is 0.238 e. The molecule has 0 bridgehead atoms. The SMILES string of the molecule is CC(CSc1ccc(Br)cn1)(NC1CC1)C(N)=O. The third kappa shape index (κ3) is 3.70. The van der Waals surface area contributed by atoms with E-state index in [9.17, 15) is 4.79 Å². The summed E-state index contributed by atoms with van der Waals surface area (Å²) in [4.78, 5) is 15.9. The number of hydrogen-bond acceptors (Lipinski definition) is 4. The van der Waals surface area contributed by atoms with Crippen molar-refractivity contribution in [2.24, 2.45) is 5.73 Å². The number of nitrogens with one attached hydrogen (secondary N) is 1. The van der Waals surface area contributed by atoms with Crippen LogP contribution in [0.2, 0.25) is 0 Å². The van der Waals surface area contributed by atoms with Crippen LogP contribution in [-0.2, 0) is 4.79 Å². The minimum absolute atomic E-state index is 0.306. The van der Waals surface area contributed by atoms with Crippen LogP contribution in [-0.4, -0.2) is 28.2 Å². The fraction of sp³-hybridized carbons (Fsp3) is 0.500. The van der Waals surface area contributed by atoms with Crippen molar-refractivity contribution in [3.8, 4) is 0 Å². The number of aromatic nitrogens is 1. The molecule has 1 unspecified atom stereocenters. The first kappa shape index (κ1) is 13.8. The number of hydrogen-bond donors (Lipinski definition) is 2. The molecule has 1 aromatic rings. The van der Waals surface area contributed by atoms with Gasteiger partial charge in [-0.25, -0.2) is 4.98 Å². The molecule has 18 heavy (non-hydrogen) atoms. The lowest BCUT2D eigenvalue weighted by Gasteiger charge is -2.27. The molecular formula is C12H16BrN3OS. The van der Waals surface area contributed by atoms with E-state index in [2.05, 4.69) is 26.2 Å². The van der Waals surface area contributed by atoms with Gasteiger partial charge in [-0.2, -0.15) is 0 Å². The zero-order valence-electron chi connectivity index (χ0n) is 10.1. The van der Waals surface area contributed by atoms with Crippen LogP contribution in [0.15, 0.2) is 27.8 Å². The van der Waals surface area contributed by atoms with Gasteiger partial charge in [-0.1, -0.05) is 0 Å². The van der Waals surface area contributed by atoms with E-state index >= 15 is 0 Å². The molecule has 1 fully saturated rings. The Kier molecular flexibility index (Phi) is 4.29. The Hall–Kier alpha value is -0.590. The maximum absolute atomic E-state index is 11.6. The van der Waals surface area contributed by atoms with Gasteiger partial charge in [-0.05, 0) is 47.8 Å². The number of carbonyl (C=O) groups is 1. The molecule has 1 saturated carbocycles. The van der Waals surface area contributed by atoms with Gasteiger partial charge in [0.05, 0.1) is 5.03 Å². The van der Waals surface area contributed by atoms with E-state index in [1.807, 2.05) is 19.1 Å². The van der Waals surface area contributed by atoms with E-state index in [1.165, 1.54) is 11.8 Å². The summed E-state index contributed by atoms with van der Waals surface area (Å²) < 4.78 is 0.945. The summed E-state index contributed by atoms with van der Waals surface area (Å²) in [6, 6.07) is 4.31. The molecule has 1 atom stereocenters. The number of thioether (sulfide) groups is 1. The predicted molar refractivity (Wildman–Crippen MR) is 76.4 cm³/mol. The minimum Gasteiger partial charge on any atom is -0.368 e. The van der Waals surface area contributed by atoms with Crippen molar-refractivity contribution in [1.82, 2.24) is 10.3 Å². The van der Waals surface area contributed by atoms with Gasteiger partial charge in [0.2, 0.25) is 5.91 Å². The van der Waals surface area contributed by atoms with Crippen LogP contribution in [0.4, 0.5) is 0 Å². The molecule has 1 amide bonds. The highest BCUT2D eigenvalue weighted by atomic mass is 79.9. The van der Waals surface area contributed by atoms with E-state index in [0.717, 1.165) is 22.3 Å². The normalized spacial score (nSPS) is 18.3. The van der Waals surface area contributed by atoms with Gasteiger partial charge < -0.3 is 11.1 Å². The van der Waals surface area contributed by atoms with Gasteiger partial charge in [0.15, 0.2) is 0 Å². The monoisotopic (exact) mass is 329 g/mol. The third-order valence-electron chi connectivity index (χ3n) is 2.85. The van der Waals surface area contributed by atoms with Crippen LogP contribution < -0.4 is 11.1 Å².